The average molecular weight is 277 g/mol. The Kier molecular flexibility index (Phi) is 2.47. The van der Waals surface area contributed by atoms with E-state index in [1.165, 1.54) is 4.70 Å². The molecule has 0 unspecified atom stereocenters. The number of thiazole rings is 1. The van der Waals surface area contributed by atoms with Gasteiger partial charge in [0.1, 0.15) is 10.8 Å². The smallest absolute Gasteiger partial charge is 0.125 e. The summed E-state index contributed by atoms with van der Waals surface area (Å²) in [5, 5.41) is 12.9. The maximum absolute atomic E-state index is 9.97. The molecule has 1 aromatic heterocycles. The topological polar surface area (TPSA) is 33.1 Å². The summed E-state index contributed by atoms with van der Waals surface area (Å²) in [4.78, 5) is 4.70. The van der Waals surface area contributed by atoms with Crippen molar-refractivity contribution in [2.45, 2.75) is 0 Å². The quantitative estimate of drug-likeness (QED) is 0.541. The zero-order valence-corrected chi connectivity index (χ0v) is 11.4. The minimum Gasteiger partial charge on any atom is -0.507 e. The fraction of sp³-hybridized carbons (Fsp3) is 0. The van der Waals surface area contributed by atoms with Crippen molar-refractivity contribution in [1.29, 1.82) is 0 Å². The molecule has 0 amide bonds. The standard InChI is InChI=1S/C17H11NOS/c19-15-9-4-5-11-12(15)6-3-7-13(11)17-18-14-8-1-2-10-16(14)20-17/h1-10,19H. The molecule has 0 aliphatic rings. The number of phenols is 1. The van der Waals surface area contributed by atoms with Crippen LogP contribution in [0.25, 0.3) is 31.6 Å². The van der Waals surface area contributed by atoms with Crippen LogP contribution in [-0.4, -0.2) is 10.1 Å². The molecule has 0 saturated heterocycles. The number of phenolic OH excluding ortho intramolecular Hbond substituents is 1. The van der Waals surface area contributed by atoms with Crippen LogP contribution >= 0.6 is 11.3 Å². The SMILES string of the molecule is Oc1cccc2c(-c3nc4ccccc4s3)cccc12. The summed E-state index contributed by atoms with van der Waals surface area (Å²) in [6.07, 6.45) is 0. The zero-order valence-electron chi connectivity index (χ0n) is 10.6. The number of para-hydroxylation sites is 1. The summed E-state index contributed by atoms with van der Waals surface area (Å²) >= 11 is 1.68. The second kappa shape index (κ2) is 4.32. The van der Waals surface area contributed by atoms with E-state index >= 15 is 0 Å². The van der Waals surface area contributed by atoms with Gasteiger partial charge in [0.25, 0.3) is 0 Å². The van der Waals surface area contributed by atoms with E-state index in [0.717, 1.165) is 26.9 Å². The monoisotopic (exact) mass is 277 g/mol. The highest BCUT2D eigenvalue weighted by molar-refractivity contribution is 7.21. The normalized spacial score (nSPS) is 11.2. The molecule has 0 atom stereocenters. The molecular formula is C17H11NOS. The van der Waals surface area contributed by atoms with Gasteiger partial charge in [0.2, 0.25) is 0 Å². The third-order valence-electron chi connectivity index (χ3n) is 3.42. The lowest BCUT2D eigenvalue weighted by molar-refractivity contribution is 0.481. The lowest BCUT2D eigenvalue weighted by Crippen LogP contribution is -1.80. The molecule has 0 saturated carbocycles. The largest absolute Gasteiger partial charge is 0.507 e. The van der Waals surface area contributed by atoms with Gasteiger partial charge in [-0.1, -0.05) is 42.5 Å². The number of benzene rings is 3. The summed E-state index contributed by atoms with van der Waals surface area (Å²) in [5.74, 6) is 0.311. The maximum atomic E-state index is 9.97. The number of hydrogen-bond donors (Lipinski definition) is 1. The fourth-order valence-corrected chi connectivity index (χ4v) is 3.47. The zero-order chi connectivity index (χ0) is 13.5. The molecule has 0 fully saturated rings. The number of nitrogens with zero attached hydrogens (tertiary/aromatic N) is 1. The van der Waals surface area contributed by atoms with Gasteiger partial charge in [0.15, 0.2) is 0 Å². The fourth-order valence-electron chi connectivity index (χ4n) is 2.47. The van der Waals surface area contributed by atoms with Gasteiger partial charge in [-0.3, -0.25) is 0 Å². The Morgan fingerprint density at radius 3 is 2.50 bits per heavy atom. The van der Waals surface area contributed by atoms with Crippen molar-refractivity contribution in [3.05, 3.63) is 60.7 Å². The summed E-state index contributed by atoms with van der Waals surface area (Å²) < 4.78 is 1.18. The average Bonchev–Trinajstić information content (AvgIpc) is 2.91. The lowest BCUT2D eigenvalue weighted by Gasteiger charge is -2.04. The van der Waals surface area contributed by atoms with Crippen LogP contribution in [0.5, 0.6) is 5.75 Å². The van der Waals surface area contributed by atoms with Crippen molar-refractivity contribution in [3.8, 4) is 16.3 Å². The van der Waals surface area contributed by atoms with Crippen LogP contribution < -0.4 is 0 Å². The molecule has 20 heavy (non-hydrogen) atoms. The first kappa shape index (κ1) is 11.4. The van der Waals surface area contributed by atoms with Gasteiger partial charge in [-0.25, -0.2) is 4.98 Å². The Balaban J connectivity index is 2.04. The van der Waals surface area contributed by atoms with E-state index in [-0.39, 0.29) is 0 Å². The Morgan fingerprint density at radius 2 is 1.60 bits per heavy atom. The van der Waals surface area contributed by atoms with Gasteiger partial charge in [0.05, 0.1) is 10.2 Å². The Bertz CT molecular complexity index is 893. The van der Waals surface area contributed by atoms with Crippen molar-refractivity contribution in [1.82, 2.24) is 4.98 Å². The minimum atomic E-state index is 0.311. The molecule has 3 heteroatoms. The second-order valence-electron chi connectivity index (χ2n) is 4.66. The van der Waals surface area contributed by atoms with Crippen LogP contribution in [0.3, 0.4) is 0 Å². The Labute approximate surface area is 120 Å². The lowest BCUT2D eigenvalue weighted by atomic mass is 10.0. The van der Waals surface area contributed by atoms with E-state index in [9.17, 15) is 5.11 Å². The first-order chi connectivity index (χ1) is 9.83. The summed E-state index contributed by atoms with van der Waals surface area (Å²) in [6, 6.07) is 19.7. The summed E-state index contributed by atoms with van der Waals surface area (Å²) in [7, 11) is 0. The third-order valence-corrected chi connectivity index (χ3v) is 4.49. The van der Waals surface area contributed by atoms with Gasteiger partial charge in [0, 0.05) is 10.9 Å². The van der Waals surface area contributed by atoms with Crippen LogP contribution in [-0.2, 0) is 0 Å². The molecule has 4 aromatic rings. The minimum absolute atomic E-state index is 0.311. The molecule has 1 heterocycles. The van der Waals surface area contributed by atoms with Crippen molar-refractivity contribution in [2.24, 2.45) is 0 Å². The van der Waals surface area contributed by atoms with Crippen LogP contribution in [0, 0.1) is 0 Å². The molecule has 4 rings (SSSR count). The predicted octanol–water partition coefficient (Wildman–Crippen LogP) is 4.82. The van der Waals surface area contributed by atoms with Crippen LogP contribution in [0.1, 0.15) is 0 Å². The Morgan fingerprint density at radius 1 is 0.800 bits per heavy atom. The van der Waals surface area contributed by atoms with Gasteiger partial charge < -0.3 is 5.11 Å². The number of aromatic nitrogens is 1. The molecule has 2 nitrogen and oxygen atoms in total. The van der Waals surface area contributed by atoms with Crippen molar-refractivity contribution in [2.75, 3.05) is 0 Å². The van der Waals surface area contributed by atoms with E-state index in [4.69, 9.17) is 4.98 Å². The molecule has 0 aliphatic heterocycles. The van der Waals surface area contributed by atoms with E-state index in [1.807, 2.05) is 42.5 Å². The van der Waals surface area contributed by atoms with Crippen molar-refractivity contribution >= 4 is 32.3 Å². The highest BCUT2D eigenvalue weighted by Crippen LogP contribution is 2.36. The third kappa shape index (κ3) is 1.67. The first-order valence-corrected chi connectivity index (χ1v) is 7.21. The highest BCUT2D eigenvalue weighted by atomic mass is 32.1. The number of aromatic hydroxyl groups is 1. The van der Waals surface area contributed by atoms with Crippen molar-refractivity contribution in [3.63, 3.8) is 0 Å². The predicted molar refractivity (Wildman–Crippen MR) is 84.2 cm³/mol. The molecule has 0 aliphatic carbocycles. The molecule has 0 radical (unpaired) electrons. The maximum Gasteiger partial charge on any atom is 0.125 e. The number of fused-ring (bicyclic) bond motifs is 2. The van der Waals surface area contributed by atoms with Gasteiger partial charge in [-0.05, 0) is 23.6 Å². The van der Waals surface area contributed by atoms with E-state index in [1.54, 1.807) is 17.4 Å². The first-order valence-electron chi connectivity index (χ1n) is 6.39. The van der Waals surface area contributed by atoms with Crippen LogP contribution in [0.4, 0.5) is 0 Å². The van der Waals surface area contributed by atoms with E-state index in [0.29, 0.717) is 5.75 Å². The number of rotatable bonds is 1. The molecule has 96 valence electrons. The van der Waals surface area contributed by atoms with Crippen LogP contribution in [0.15, 0.2) is 60.7 Å². The van der Waals surface area contributed by atoms with Gasteiger partial charge in [-0.15, -0.1) is 11.3 Å². The molecule has 1 N–H and O–H groups in total. The highest BCUT2D eigenvalue weighted by Gasteiger charge is 2.10. The molecule has 3 aromatic carbocycles. The summed E-state index contributed by atoms with van der Waals surface area (Å²) in [6.45, 7) is 0. The second-order valence-corrected chi connectivity index (χ2v) is 5.70. The number of hydrogen-bond acceptors (Lipinski definition) is 3. The van der Waals surface area contributed by atoms with Gasteiger partial charge in [-0.2, -0.15) is 0 Å². The van der Waals surface area contributed by atoms with E-state index < -0.39 is 0 Å². The van der Waals surface area contributed by atoms with E-state index in [2.05, 4.69) is 12.1 Å². The van der Waals surface area contributed by atoms with Gasteiger partial charge >= 0.3 is 0 Å². The summed E-state index contributed by atoms with van der Waals surface area (Å²) in [5.41, 5.74) is 2.09. The van der Waals surface area contributed by atoms with Crippen molar-refractivity contribution < 1.29 is 5.11 Å². The molecule has 0 bridgehead atoms. The molecular weight excluding hydrogens is 266 g/mol. The van der Waals surface area contributed by atoms with Crippen LogP contribution in [0.2, 0.25) is 0 Å². The Hall–Kier alpha value is -2.39. The molecule has 0 spiro atoms.